The van der Waals surface area contributed by atoms with Crippen LogP contribution in [0.25, 0.3) is 0 Å². The fraction of sp³-hybridized carbons (Fsp3) is 0.250. The zero-order valence-electron chi connectivity index (χ0n) is 7.32. The van der Waals surface area contributed by atoms with Crippen LogP contribution in [0.4, 0.5) is 26.3 Å². The van der Waals surface area contributed by atoms with E-state index in [1.165, 1.54) is 0 Å². The molecule has 0 saturated heterocycles. The number of aromatic nitrogens is 1. The molecule has 0 spiro atoms. The Morgan fingerprint density at radius 2 is 1.88 bits per heavy atom. The van der Waals surface area contributed by atoms with Crippen molar-refractivity contribution in [1.82, 2.24) is 4.98 Å². The summed E-state index contributed by atoms with van der Waals surface area (Å²) in [5.41, 5.74) is -4.82. The molecule has 1 heterocycles. The molecule has 1 aromatic heterocycles. The predicted octanol–water partition coefficient (Wildman–Crippen LogP) is 3.05. The normalized spacial score (nSPS) is 11.6. The van der Waals surface area contributed by atoms with Gasteiger partial charge < -0.3 is 0 Å². The lowest BCUT2D eigenvalue weighted by Gasteiger charge is -2.12. The van der Waals surface area contributed by atoms with Crippen molar-refractivity contribution in [2.75, 3.05) is 0 Å². The molecule has 0 fully saturated rings. The molecule has 86 valence electrons. The maximum absolute atomic E-state index is 13.0. The summed E-state index contributed by atoms with van der Waals surface area (Å²) >= 11 is 0. The fourth-order valence-corrected chi connectivity index (χ4v) is 1.02. The molecule has 0 unspecified atom stereocenters. The molecule has 0 aliphatic carbocycles. The molecule has 1 rings (SSSR count). The van der Waals surface area contributed by atoms with Gasteiger partial charge in [0.1, 0.15) is 6.07 Å². The van der Waals surface area contributed by atoms with Gasteiger partial charge in [0.05, 0.1) is 11.1 Å². The summed E-state index contributed by atoms with van der Waals surface area (Å²) in [6.07, 6.45) is -8.80. The summed E-state index contributed by atoms with van der Waals surface area (Å²) in [5.74, 6) is -1.94. The Morgan fingerprint density at radius 3 is 2.25 bits per heavy atom. The molecule has 0 N–H and O–H groups in total. The Hall–Kier alpha value is -1.78. The van der Waals surface area contributed by atoms with Crippen LogP contribution >= 0.6 is 0 Å². The molecule has 0 aliphatic rings. The van der Waals surface area contributed by atoms with Gasteiger partial charge in [-0.2, -0.15) is 18.4 Å². The summed E-state index contributed by atoms with van der Waals surface area (Å²) in [6.45, 7) is 0. The number of pyridine rings is 1. The average Bonchev–Trinajstić information content (AvgIpc) is 2.15. The van der Waals surface area contributed by atoms with E-state index in [1.54, 1.807) is 0 Å². The summed E-state index contributed by atoms with van der Waals surface area (Å²) in [4.78, 5) is 2.82. The molecule has 16 heavy (non-hydrogen) atoms. The largest absolute Gasteiger partial charge is 0.418 e. The number of nitriles is 1. The van der Waals surface area contributed by atoms with E-state index in [-0.39, 0.29) is 6.20 Å². The molecule has 8 heteroatoms. The first-order chi connectivity index (χ1) is 7.29. The molecule has 0 saturated carbocycles. The van der Waals surface area contributed by atoms with Crippen LogP contribution in [0.15, 0.2) is 6.20 Å². The topological polar surface area (TPSA) is 36.7 Å². The third-order valence-electron chi connectivity index (χ3n) is 1.69. The highest BCUT2D eigenvalue weighted by Gasteiger charge is 2.38. The molecule has 0 aliphatic heterocycles. The van der Waals surface area contributed by atoms with Gasteiger partial charge in [-0.15, -0.1) is 0 Å². The van der Waals surface area contributed by atoms with Crippen LogP contribution in [0.1, 0.15) is 23.2 Å². The predicted molar refractivity (Wildman–Crippen MR) is 38.9 cm³/mol. The maximum atomic E-state index is 13.0. The third kappa shape index (κ3) is 2.08. The van der Waals surface area contributed by atoms with Crippen LogP contribution in [-0.2, 0) is 6.18 Å². The van der Waals surface area contributed by atoms with Crippen molar-refractivity contribution < 1.29 is 26.3 Å². The van der Waals surface area contributed by atoms with Gasteiger partial charge in [-0.1, -0.05) is 0 Å². The van der Waals surface area contributed by atoms with Gasteiger partial charge in [0.25, 0.3) is 6.43 Å². The minimum Gasteiger partial charge on any atom is -0.242 e. The minimum absolute atomic E-state index is 0.0170. The zero-order chi connectivity index (χ0) is 12.5. The smallest absolute Gasteiger partial charge is 0.242 e. The summed E-state index contributed by atoms with van der Waals surface area (Å²) in [5, 5.41) is 8.24. The van der Waals surface area contributed by atoms with Crippen molar-refractivity contribution in [2.45, 2.75) is 12.6 Å². The summed E-state index contributed by atoms with van der Waals surface area (Å²) in [7, 11) is 0. The number of rotatable bonds is 1. The molecular formula is C8H2F6N2. The Bertz CT molecular complexity index is 445. The van der Waals surface area contributed by atoms with Crippen molar-refractivity contribution in [3.05, 3.63) is 28.8 Å². The maximum Gasteiger partial charge on any atom is 0.418 e. The summed E-state index contributed by atoms with van der Waals surface area (Å²) < 4.78 is 74.2. The van der Waals surface area contributed by atoms with Crippen LogP contribution < -0.4 is 0 Å². The van der Waals surface area contributed by atoms with Crippen LogP contribution in [0, 0.1) is 17.1 Å². The highest BCUT2D eigenvalue weighted by Crippen LogP contribution is 2.37. The lowest BCUT2D eigenvalue weighted by atomic mass is 10.1. The third-order valence-corrected chi connectivity index (χ3v) is 1.69. The molecule has 0 atom stereocenters. The van der Waals surface area contributed by atoms with Crippen molar-refractivity contribution in [1.29, 1.82) is 5.26 Å². The van der Waals surface area contributed by atoms with Crippen molar-refractivity contribution >= 4 is 0 Å². The number of halogens is 6. The van der Waals surface area contributed by atoms with E-state index in [1.807, 2.05) is 0 Å². The second-order valence-corrected chi connectivity index (χ2v) is 2.66. The van der Waals surface area contributed by atoms with E-state index in [4.69, 9.17) is 5.26 Å². The number of hydrogen-bond acceptors (Lipinski definition) is 2. The second kappa shape index (κ2) is 4.00. The van der Waals surface area contributed by atoms with E-state index < -0.39 is 35.2 Å². The fourth-order valence-electron chi connectivity index (χ4n) is 1.02. The van der Waals surface area contributed by atoms with E-state index >= 15 is 0 Å². The van der Waals surface area contributed by atoms with Gasteiger partial charge in [-0.3, -0.25) is 0 Å². The molecule has 1 aromatic rings. The molecule has 0 amide bonds. The second-order valence-electron chi connectivity index (χ2n) is 2.66. The molecular weight excluding hydrogens is 238 g/mol. The van der Waals surface area contributed by atoms with Gasteiger partial charge in [0, 0.05) is 6.20 Å². The van der Waals surface area contributed by atoms with E-state index in [2.05, 4.69) is 4.98 Å². The van der Waals surface area contributed by atoms with Gasteiger partial charge in [0.15, 0.2) is 11.5 Å². The monoisotopic (exact) mass is 240 g/mol. The minimum atomic E-state index is -5.15. The molecule has 0 bridgehead atoms. The van der Waals surface area contributed by atoms with Crippen LogP contribution in [0.3, 0.4) is 0 Å². The Kier molecular flexibility index (Phi) is 3.07. The molecule has 2 nitrogen and oxygen atoms in total. The average molecular weight is 240 g/mol. The van der Waals surface area contributed by atoms with Crippen LogP contribution in [0.2, 0.25) is 0 Å². The summed E-state index contributed by atoms with van der Waals surface area (Å²) in [6, 6.07) is 1.08. The lowest BCUT2D eigenvalue weighted by Crippen LogP contribution is -2.13. The van der Waals surface area contributed by atoms with E-state index in [9.17, 15) is 26.3 Å². The first-order valence-electron chi connectivity index (χ1n) is 3.73. The Balaban J connectivity index is 3.55. The standard InChI is InChI=1S/C8H2F6N2/c9-6-4(1-15)16-2-3(8(12,13)14)5(6)7(10)11/h2,7H. The highest BCUT2D eigenvalue weighted by atomic mass is 19.4. The molecule has 0 radical (unpaired) electrons. The van der Waals surface area contributed by atoms with Crippen molar-refractivity contribution in [3.63, 3.8) is 0 Å². The van der Waals surface area contributed by atoms with E-state index in [0.717, 1.165) is 6.07 Å². The SMILES string of the molecule is N#Cc1ncc(C(F)(F)F)c(C(F)F)c1F. The zero-order valence-corrected chi connectivity index (χ0v) is 7.32. The molecule has 0 aromatic carbocycles. The Labute approximate surface area is 85.1 Å². The lowest BCUT2D eigenvalue weighted by molar-refractivity contribution is -0.140. The highest BCUT2D eigenvalue weighted by molar-refractivity contribution is 5.36. The van der Waals surface area contributed by atoms with Gasteiger partial charge >= 0.3 is 6.18 Å². The van der Waals surface area contributed by atoms with Crippen LogP contribution in [0.5, 0.6) is 0 Å². The Morgan fingerprint density at radius 1 is 1.31 bits per heavy atom. The quantitative estimate of drug-likeness (QED) is 0.707. The van der Waals surface area contributed by atoms with E-state index in [0.29, 0.717) is 0 Å². The number of alkyl halides is 5. The van der Waals surface area contributed by atoms with Gasteiger partial charge in [-0.05, 0) is 0 Å². The van der Waals surface area contributed by atoms with Gasteiger partial charge in [0.2, 0.25) is 0 Å². The first-order valence-corrected chi connectivity index (χ1v) is 3.73. The van der Waals surface area contributed by atoms with Crippen molar-refractivity contribution in [2.24, 2.45) is 0 Å². The first kappa shape index (κ1) is 12.3. The van der Waals surface area contributed by atoms with Crippen molar-refractivity contribution in [3.8, 4) is 6.07 Å². The number of hydrogen-bond donors (Lipinski definition) is 0. The van der Waals surface area contributed by atoms with Gasteiger partial charge in [-0.25, -0.2) is 18.2 Å². The van der Waals surface area contributed by atoms with Crippen LogP contribution in [-0.4, -0.2) is 4.98 Å². The number of nitrogens with zero attached hydrogens (tertiary/aromatic N) is 2.